The first-order valence-electron chi connectivity index (χ1n) is 9.17. The van der Waals surface area contributed by atoms with Crippen molar-refractivity contribution < 1.29 is 14.2 Å². The van der Waals surface area contributed by atoms with Crippen LogP contribution >= 0.6 is 0 Å². The maximum atomic E-state index is 5.95. The number of aromatic nitrogens is 5. The van der Waals surface area contributed by atoms with E-state index >= 15 is 0 Å². The number of rotatable bonds is 9. The molecule has 0 spiro atoms. The normalized spacial score (nSPS) is 10.7. The minimum absolute atomic E-state index is 0.143. The third-order valence-corrected chi connectivity index (χ3v) is 4.35. The zero-order chi connectivity index (χ0) is 20.8. The first-order chi connectivity index (χ1) is 14.0. The molecular weight excluding hydrogens is 374 g/mol. The molecule has 10 heteroatoms. The molecule has 0 saturated heterocycles. The zero-order valence-corrected chi connectivity index (χ0v) is 16.8. The molecule has 0 saturated carbocycles. The van der Waals surface area contributed by atoms with Crippen LogP contribution < -0.4 is 25.7 Å². The van der Waals surface area contributed by atoms with Gasteiger partial charge in [-0.25, -0.2) is 4.98 Å². The Morgan fingerprint density at radius 2 is 1.83 bits per heavy atom. The lowest BCUT2D eigenvalue weighted by Crippen LogP contribution is -2.06. The molecule has 2 heterocycles. The van der Waals surface area contributed by atoms with Crippen molar-refractivity contribution >= 4 is 11.8 Å². The van der Waals surface area contributed by atoms with Crippen LogP contribution in [0.5, 0.6) is 17.2 Å². The van der Waals surface area contributed by atoms with Crippen LogP contribution in [0.4, 0.5) is 11.8 Å². The SMILES string of the molecule is CCn1cc(CCOc2c(OC)cc(Cc3cnc(N)nc3N)cc2OC)nn1. The lowest BCUT2D eigenvalue weighted by Gasteiger charge is -2.16. The highest BCUT2D eigenvalue weighted by molar-refractivity contribution is 5.55. The van der Waals surface area contributed by atoms with Gasteiger partial charge in [0, 0.05) is 37.3 Å². The van der Waals surface area contributed by atoms with E-state index in [-0.39, 0.29) is 5.95 Å². The van der Waals surface area contributed by atoms with Gasteiger partial charge in [0.05, 0.1) is 26.5 Å². The zero-order valence-electron chi connectivity index (χ0n) is 16.8. The summed E-state index contributed by atoms with van der Waals surface area (Å²) in [6, 6.07) is 3.75. The smallest absolute Gasteiger partial charge is 0.221 e. The summed E-state index contributed by atoms with van der Waals surface area (Å²) in [6.45, 7) is 3.20. The summed E-state index contributed by atoms with van der Waals surface area (Å²) < 4.78 is 18.8. The molecule has 4 N–H and O–H groups in total. The predicted octanol–water partition coefficient (Wildman–Crippen LogP) is 1.48. The van der Waals surface area contributed by atoms with E-state index in [2.05, 4.69) is 20.3 Å². The van der Waals surface area contributed by atoms with Crippen molar-refractivity contribution in [2.75, 3.05) is 32.3 Å². The molecular formula is C19H25N7O3. The lowest BCUT2D eigenvalue weighted by molar-refractivity contribution is 0.276. The molecule has 10 nitrogen and oxygen atoms in total. The van der Waals surface area contributed by atoms with Gasteiger partial charge in [0.2, 0.25) is 11.7 Å². The molecule has 29 heavy (non-hydrogen) atoms. The predicted molar refractivity (Wildman–Crippen MR) is 108 cm³/mol. The van der Waals surface area contributed by atoms with Gasteiger partial charge < -0.3 is 25.7 Å². The lowest BCUT2D eigenvalue weighted by atomic mass is 10.1. The van der Waals surface area contributed by atoms with E-state index in [0.29, 0.717) is 42.5 Å². The average molecular weight is 399 g/mol. The number of anilines is 2. The van der Waals surface area contributed by atoms with Gasteiger partial charge in [-0.15, -0.1) is 5.10 Å². The molecule has 0 atom stereocenters. The maximum absolute atomic E-state index is 5.95. The fourth-order valence-corrected chi connectivity index (χ4v) is 2.83. The second kappa shape index (κ2) is 9.09. The minimum Gasteiger partial charge on any atom is -0.493 e. The van der Waals surface area contributed by atoms with Crippen molar-refractivity contribution in [1.29, 1.82) is 0 Å². The van der Waals surface area contributed by atoms with E-state index in [1.54, 1.807) is 25.1 Å². The van der Waals surface area contributed by atoms with Gasteiger partial charge in [-0.3, -0.25) is 4.68 Å². The van der Waals surface area contributed by atoms with Crippen molar-refractivity contribution in [1.82, 2.24) is 25.0 Å². The monoisotopic (exact) mass is 399 g/mol. The molecule has 3 rings (SSSR count). The number of ether oxygens (including phenoxy) is 3. The molecule has 0 unspecified atom stereocenters. The number of benzene rings is 1. The molecule has 0 aliphatic heterocycles. The fourth-order valence-electron chi connectivity index (χ4n) is 2.83. The quantitative estimate of drug-likeness (QED) is 0.548. The maximum Gasteiger partial charge on any atom is 0.221 e. The van der Waals surface area contributed by atoms with E-state index in [1.807, 2.05) is 25.3 Å². The summed E-state index contributed by atoms with van der Waals surface area (Å²) in [6.07, 6.45) is 4.64. The number of hydrogen-bond donors (Lipinski definition) is 2. The van der Waals surface area contributed by atoms with Gasteiger partial charge in [-0.1, -0.05) is 5.21 Å². The summed E-state index contributed by atoms with van der Waals surface area (Å²) in [5.41, 5.74) is 14.0. The Kier molecular flexibility index (Phi) is 6.32. The summed E-state index contributed by atoms with van der Waals surface area (Å²) in [4.78, 5) is 8.00. The van der Waals surface area contributed by atoms with Gasteiger partial charge in [-0.2, -0.15) is 4.98 Å². The van der Waals surface area contributed by atoms with Crippen LogP contribution in [0.2, 0.25) is 0 Å². The molecule has 154 valence electrons. The van der Waals surface area contributed by atoms with Crippen LogP contribution in [0.25, 0.3) is 0 Å². The standard InChI is InChI=1S/C19H25N7O3/c1-4-26-11-14(24-25-26)5-6-29-17-15(27-2)8-12(9-16(17)28-3)7-13-10-22-19(21)23-18(13)20/h8-11H,4-7H2,1-3H3,(H4,20,21,22,23). The Balaban J connectivity index is 1.76. The number of nitrogens with zero attached hydrogens (tertiary/aromatic N) is 5. The van der Waals surface area contributed by atoms with Gasteiger partial charge in [-0.05, 0) is 24.6 Å². The molecule has 0 fully saturated rings. The molecule has 0 amide bonds. The molecule has 2 aromatic heterocycles. The Morgan fingerprint density at radius 1 is 1.10 bits per heavy atom. The number of hydrogen-bond acceptors (Lipinski definition) is 9. The minimum atomic E-state index is 0.143. The van der Waals surface area contributed by atoms with Crippen molar-refractivity contribution in [3.05, 3.63) is 41.3 Å². The molecule has 0 radical (unpaired) electrons. The van der Waals surface area contributed by atoms with E-state index in [0.717, 1.165) is 23.4 Å². The van der Waals surface area contributed by atoms with Crippen LogP contribution in [0, 0.1) is 0 Å². The number of nitrogens with two attached hydrogens (primary N) is 2. The fraction of sp³-hybridized carbons (Fsp3) is 0.368. The van der Waals surface area contributed by atoms with Crippen LogP contribution in [0.1, 0.15) is 23.7 Å². The Labute approximate surface area is 168 Å². The number of nitrogen functional groups attached to an aromatic ring is 2. The largest absolute Gasteiger partial charge is 0.493 e. The molecule has 0 aliphatic carbocycles. The highest BCUT2D eigenvalue weighted by Crippen LogP contribution is 2.39. The average Bonchev–Trinajstić information content (AvgIpc) is 3.18. The second-order valence-corrected chi connectivity index (χ2v) is 6.31. The van der Waals surface area contributed by atoms with Gasteiger partial charge in [0.15, 0.2) is 11.5 Å². The molecule has 3 aromatic rings. The Bertz CT molecular complexity index is 949. The van der Waals surface area contributed by atoms with Crippen LogP contribution in [-0.2, 0) is 19.4 Å². The highest BCUT2D eigenvalue weighted by atomic mass is 16.5. The van der Waals surface area contributed by atoms with Crippen LogP contribution in [0.3, 0.4) is 0 Å². The van der Waals surface area contributed by atoms with E-state index in [1.165, 1.54) is 0 Å². The molecule has 1 aromatic carbocycles. The van der Waals surface area contributed by atoms with Gasteiger partial charge in [0.25, 0.3) is 0 Å². The molecule has 0 aliphatic rings. The number of methoxy groups -OCH3 is 2. The Hall–Kier alpha value is -3.56. The first kappa shape index (κ1) is 20.2. The highest BCUT2D eigenvalue weighted by Gasteiger charge is 2.16. The first-order valence-corrected chi connectivity index (χ1v) is 9.17. The van der Waals surface area contributed by atoms with Gasteiger partial charge in [0.1, 0.15) is 5.82 Å². The van der Waals surface area contributed by atoms with Crippen molar-refractivity contribution in [3.63, 3.8) is 0 Å². The van der Waals surface area contributed by atoms with Crippen LogP contribution in [-0.4, -0.2) is 45.8 Å². The third kappa shape index (κ3) is 4.84. The van der Waals surface area contributed by atoms with Crippen LogP contribution in [0.15, 0.2) is 24.5 Å². The van der Waals surface area contributed by atoms with Crippen molar-refractivity contribution in [3.8, 4) is 17.2 Å². The van der Waals surface area contributed by atoms with Crippen molar-refractivity contribution in [2.45, 2.75) is 26.3 Å². The summed E-state index contributed by atoms with van der Waals surface area (Å²) in [5, 5.41) is 8.14. The van der Waals surface area contributed by atoms with E-state index in [4.69, 9.17) is 25.7 Å². The summed E-state index contributed by atoms with van der Waals surface area (Å²) in [5.74, 6) is 2.14. The third-order valence-electron chi connectivity index (χ3n) is 4.35. The second-order valence-electron chi connectivity index (χ2n) is 6.31. The van der Waals surface area contributed by atoms with Crippen molar-refractivity contribution in [2.24, 2.45) is 0 Å². The number of aryl methyl sites for hydroxylation is 1. The summed E-state index contributed by atoms with van der Waals surface area (Å²) >= 11 is 0. The molecule has 0 bridgehead atoms. The van der Waals surface area contributed by atoms with E-state index < -0.39 is 0 Å². The topological polar surface area (TPSA) is 136 Å². The van der Waals surface area contributed by atoms with Gasteiger partial charge >= 0.3 is 0 Å². The summed E-state index contributed by atoms with van der Waals surface area (Å²) in [7, 11) is 3.16. The van der Waals surface area contributed by atoms with E-state index in [9.17, 15) is 0 Å². The Morgan fingerprint density at radius 3 is 2.41 bits per heavy atom.